The Morgan fingerprint density at radius 3 is 2.94 bits per heavy atom. The Balaban J connectivity index is 1.96. The molecule has 1 aliphatic carbocycles. The second-order valence-corrected chi connectivity index (χ2v) is 5.11. The number of nitrogens with one attached hydrogen (secondary N) is 1. The normalized spacial score (nSPS) is 17.6. The number of carbonyl (C=O) groups excluding carboxylic acids is 1. The number of hydrogen-bond donors (Lipinski definition) is 1. The van der Waals surface area contributed by atoms with Gasteiger partial charge in [-0.25, -0.2) is 0 Å². The van der Waals surface area contributed by atoms with Gasteiger partial charge in [-0.3, -0.25) is 9.78 Å². The molecule has 1 aromatic rings. The van der Waals surface area contributed by atoms with Crippen LogP contribution in [0.5, 0.6) is 0 Å². The standard InChI is InChI=1S/C12H15ClN2O/c1-12(4-2-5-12)8-15-11(16)9-7-14-6-3-10(9)13/h3,6-7H,2,4-5,8H2,1H3,(H,15,16). The molecule has 2 rings (SSSR count). The van der Waals surface area contributed by atoms with Crippen LogP contribution in [0.1, 0.15) is 36.5 Å². The second-order valence-electron chi connectivity index (χ2n) is 4.70. The summed E-state index contributed by atoms with van der Waals surface area (Å²) in [6.07, 6.45) is 6.72. The molecule has 1 N–H and O–H groups in total. The smallest absolute Gasteiger partial charge is 0.254 e. The van der Waals surface area contributed by atoms with Crippen LogP contribution in [0.4, 0.5) is 0 Å². The fourth-order valence-corrected chi connectivity index (χ4v) is 2.08. The van der Waals surface area contributed by atoms with E-state index in [1.54, 1.807) is 12.3 Å². The zero-order valence-corrected chi connectivity index (χ0v) is 10.0. The fraction of sp³-hybridized carbons (Fsp3) is 0.500. The predicted octanol–water partition coefficient (Wildman–Crippen LogP) is 2.66. The number of aromatic nitrogens is 1. The zero-order chi connectivity index (χ0) is 11.6. The number of carbonyl (C=O) groups is 1. The van der Waals surface area contributed by atoms with Crippen molar-refractivity contribution in [2.45, 2.75) is 26.2 Å². The minimum atomic E-state index is -0.133. The van der Waals surface area contributed by atoms with Crippen LogP contribution in [0, 0.1) is 5.41 Å². The molecule has 0 aromatic carbocycles. The van der Waals surface area contributed by atoms with Crippen LogP contribution in [-0.4, -0.2) is 17.4 Å². The number of nitrogens with zero attached hydrogens (tertiary/aromatic N) is 1. The van der Waals surface area contributed by atoms with Gasteiger partial charge in [0.25, 0.3) is 5.91 Å². The van der Waals surface area contributed by atoms with E-state index < -0.39 is 0 Å². The molecule has 0 radical (unpaired) electrons. The van der Waals surface area contributed by atoms with Gasteiger partial charge in [0.15, 0.2) is 0 Å². The van der Waals surface area contributed by atoms with Crippen LogP contribution in [0.15, 0.2) is 18.5 Å². The average molecular weight is 239 g/mol. The molecule has 3 nitrogen and oxygen atoms in total. The first-order valence-corrected chi connectivity index (χ1v) is 5.86. The van der Waals surface area contributed by atoms with Crippen LogP contribution in [0.2, 0.25) is 5.02 Å². The van der Waals surface area contributed by atoms with Gasteiger partial charge in [-0.15, -0.1) is 0 Å². The summed E-state index contributed by atoms with van der Waals surface area (Å²) in [7, 11) is 0. The molecule has 1 aliphatic rings. The molecule has 0 aliphatic heterocycles. The molecule has 1 aromatic heterocycles. The van der Waals surface area contributed by atoms with E-state index in [0.717, 1.165) is 6.54 Å². The van der Waals surface area contributed by atoms with Crippen LogP contribution < -0.4 is 5.32 Å². The molecule has 4 heteroatoms. The van der Waals surface area contributed by atoms with Gasteiger partial charge < -0.3 is 5.32 Å². The number of halogens is 1. The molecule has 0 atom stereocenters. The Morgan fingerprint density at radius 1 is 1.62 bits per heavy atom. The first-order chi connectivity index (χ1) is 7.61. The lowest BCUT2D eigenvalue weighted by molar-refractivity contribution is 0.0890. The second kappa shape index (κ2) is 4.42. The van der Waals surface area contributed by atoms with Crippen molar-refractivity contribution >= 4 is 17.5 Å². The highest BCUT2D eigenvalue weighted by Gasteiger charge is 2.32. The lowest BCUT2D eigenvalue weighted by atomic mass is 9.70. The van der Waals surface area contributed by atoms with Gasteiger partial charge >= 0.3 is 0 Å². The maximum absolute atomic E-state index is 11.8. The lowest BCUT2D eigenvalue weighted by Gasteiger charge is -2.38. The molecule has 1 saturated carbocycles. The summed E-state index contributed by atoms with van der Waals surface area (Å²) in [6.45, 7) is 2.92. The minimum absolute atomic E-state index is 0.133. The summed E-state index contributed by atoms with van der Waals surface area (Å²) in [6, 6.07) is 1.63. The topological polar surface area (TPSA) is 42.0 Å². The van der Waals surface area contributed by atoms with E-state index >= 15 is 0 Å². The molecule has 1 fully saturated rings. The molecule has 86 valence electrons. The largest absolute Gasteiger partial charge is 0.351 e. The molecule has 1 heterocycles. The van der Waals surface area contributed by atoms with Gasteiger partial charge in [-0.2, -0.15) is 0 Å². The average Bonchev–Trinajstić information content (AvgIpc) is 2.24. The van der Waals surface area contributed by atoms with E-state index in [4.69, 9.17) is 11.6 Å². The van der Waals surface area contributed by atoms with E-state index in [1.807, 2.05) is 0 Å². The number of pyridine rings is 1. The van der Waals surface area contributed by atoms with E-state index in [2.05, 4.69) is 17.2 Å². The SMILES string of the molecule is CC1(CNC(=O)c2cnccc2Cl)CCC1. The van der Waals surface area contributed by atoms with Gasteiger partial charge in [0.1, 0.15) is 0 Å². The number of rotatable bonds is 3. The summed E-state index contributed by atoms with van der Waals surface area (Å²) in [5.74, 6) is -0.133. The van der Waals surface area contributed by atoms with Crippen molar-refractivity contribution in [3.8, 4) is 0 Å². The highest BCUT2D eigenvalue weighted by Crippen LogP contribution is 2.39. The van der Waals surface area contributed by atoms with Crippen molar-refractivity contribution < 1.29 is 4.79 Å². The zero-order valence-electron chi connectivity index (χ0n) is 9.29. The lowest BCUT2D eigenvalue weighted by Crippen LogP contribution is -2.40. The molecule has 0 spiro atoms. The van der Waals surface area contributed by atoms with E-state index in [0.29, 0.717) is 10.6 Å². The maximum Gasteiger partial charge on any atom is 0.254 e. The van der Waals surface area contributed by atoms with Crippen molar-refractivity contribution in [2.24, 2.45) is 5.41 Å². The Labute approximate surface area is 100 Å². The number of hydrogen-bond acceptors (Lipinski definition) is 2. The highest BCUT2D eigenvalue weighted by atomic mass is 35.5. The predicted molar refractivity (Wildman–Crippen MR) is 63.5 cm³/mol. The Hall–Kier alpha value is -1.09. The highest BCUT2D eigenvalue weighted by molar-refractivity contribution is 6.33. The summed E-state index contributed by atoms with van der Waals surface area (Å²) in [5, 5.41) is 3.37. The van der Waals surface area contributed by atoms with Crippen LogP contribution in [0.3, 0.4) is 0 Å². The van der Waals surface area contributed by atoms with Crippen molar-refractivity contribution in [2.75, 3.05) is 6.54 Å². The molecule has 0 bridgehead atoms. The Morgan fingerprint density at radius 2 is 2.38 bits per heavy atom. The minimum Gasteiger partial charge on any atom is -0.351 e. The van der Waals surface area contributed by atoms with E-state index in [9.17, 15) is 4.79 Å². The van der Waals surface area contributed by atoms with Crippen molar-refractivity contribution in [3.63, 3.8) is 0 Å². The first kappa shape index (κ1) is 11.4. The van der Waals surface area contributed by atoms with Crippen molar-refractivity contribution in [3.05, 3.63) is 29.0 Å². The van der Waals surface area contributed by atoms with E-state index in [1.165, 1.54) is 25.5 Å². The van der Waals surface area contributed by atoms with Crippen molar-refractivity contribution in [1.82, 2.24) is 10.3 Å². The summed E-state index contributed by atoms with van der Waals surface area (Å²) >= 11 is 5.92. The number of amides is 1. The molecule has 0 saturated heterocycles. The monoisotopic (exact) mass is 238 g/mol. The van der Waals surface area contributed by atoms with Crippen LogP contribution in [0.25, 0.3) is 0 Å². The van der Waals surface area contributed by atoms with Crippen molar-refractivity contribution in [1.29, 1.82) is 0 Å². The van der Waals surface area contributed by atoms with Gasteiger partial charge in [0.2, 0.25) is 0 Å². The third-order valence-electron chi connectivity index (χ3n) is 3.25. The quantitative estimate of drug-likeness (QED) is 0.880. The molecular formula is C12H15ClN2O. The van der Waals surface area contributed by atoms with Crippen LogP contribution >= 0.6 is 11.6 Å². The molecular weight excluding hydrogens is 224 g/mol. The summed E-state index contributed by atoms with van der Waals surface area (Å²) in [5.41, 5.74) is 0.733. The summed E-state index contributed by atoms with van der Waals surface area (Å²) < 4.78 is 0. The maximum atomic E-state index is 11.8. The molecule has 16 heavy (non-hydrogen) atoms. The summed E-state index contributed by atoms with van der Waals surface area (Å²) in [4.78, 5) is 15.7. The third-order valence-corrected chi connectivity index (χ3v) is 3.58. The van der Waals surface area contributed by atoms with E-state index in [-0.39, 0.29) is 11.3 Å². The molecule has 1 amide bonds. The molecule has 0 unspecified atom stereocenters. The van der Waals surface area contributed by atoms with Gasteiger partial charge in [-0.1, -0.05) is 24.9 Å². The van der Waals surface area contributed by atoms with Crippen LogP contribution in [-0.2, 0) is 0 Å². The third kappa shape index (κ3) is 2.35. The van der Waals surface area contributed by atoms with Gasteiger partial charge in [-0.05, 0) is 24.3 Å². The van der Waals surface area contributed by atoms with Gasteiger partial charge in [0, 0.05) is 18.9 Å². The Kier molecular flexibility index (Phi) is 3.15. The van der Waals surface area contributed by atoms with Gasteiger partial charge in [0.05, 0.1) is 10.6 Å². The first-order valence-electron chi connectivity index (χ1n) is 5.48. The Bertz CT molecular complexity index is 402. The fourth-order valence-electron chi connectivity index (χ4n) is 1.89.